The van der Waals surface area contributed by atoms with Gasteiger partial charge < -0.3 is 14.8 Å². The molecule has 0 spiro atoms. The second-order valence-electron chi connectivity index (χ2n) is 6.10. The molecule has 2 heterocycles. The van der Waals surface area contributed by atoms with Crippen molar-refractivity contribution in [3.8, 4) is 5.75 Å². The number of nitrogens with zero attached hydrogens (tertiary/aromatic N) is 1. The van der Waals surface area contributed by atoms with E-state index in [1.165, 1.54) is 0 Å². The minimum absolute atomic E-state index is 0.00799. The largest absolute Gasteiger partial charge is 0.481 e. The second-order valence-corrected chi connectivity index (χ2v) is 6.10. The van der Waals surface area contributed by atoms with Gasteiger partial charge in [0.1, 0.15) is 11.9 Å². The molecule has 1 saturated heterocycles. The zero-order valence-corrected chi connectivity index (χ0v) is 13.7. The van der Waals surface area contributed by atoms with Crippen LogP contribution in [0, 0.1) is 0 Å². The highest BCUT2D eigenvalue weighted by Crippen LogP contribution is 2.31. The van der Waals surface area contributed by atoms with Gasteiger partial charge in [-0.3, -0.25) is 4.98 Å². The van der Waals surface area contributed by atoms with Crippen LogP contribution in [0.5, 0.6) is 5.75 Å². The Morgan fingerprint density at radius 2 is 2.00 bits per heavy atom. The van der Waals surface area contributed by atoms with Crippen molar-refractivity contribution in [3.05, 3.63) is 59.9 Å². The summed E-state index contributed by atoms with van der Waals surface area (Å²) < 4.78 is 12.4. The maximum Gasteiger partial charge on any atom is 0.151 e. The predicted molar refractivity (Wildman–Crippen MR) is 90.7 cm³/mol. The molecule has 4 nitrogen and oxygen atoms in total. The first kappa shape index (κ1) is 16.0. The molecule has 23 heavy (non-hydrogen) atoms. The van der Waals surface area contributed by atoms with Gasteiger partial charge in [-0.25, -0.2) is 0 Å². The summed E-state index contributed by atoms with van der Waals surface area (Å²) in [6, 6.07) is 14.2. The van der Waals surface area contributed by atoms with Gasteiger partial charge in [0.05, 0.1) is 12.3 Å². The maximum atomic E-state index is 6.40. The first-order chi connectivity index (χ1) is 11.3. The molecule has 3 rings (SSSR count). The van der Waals surface area contributed by atoms with Crippen LogP contribution in [0.25, 0.3) is 0 Å². The van der Waals surface area contributed by atoms with Crippen molar-refractivity contribution in [2.45, 2.75) is 32.0 Å². The van der Waals surface area contributed by atoms with E-state index in [0.29, 0.717) is 12.5 Å². The molecule has 2 unspecified atom stereocenters. The highest BCUT2D eigenvalue weighted by molar-refractivity contribution is 5.31. The molecule has 4 heteroatoms. The van der Waals surface area contributed by atoms with Crippen LogP contribution in [0.2, 0.25) is 0 Å². The summed E-state index contributed by atoms with van der Waals surface area (Å²) in [5, 5.41) is 3.39. The third-order valence-corrected chi connectivity index (χ3v) is 4.02. The lowest BCUT2D eigenvalue weighted by Gasteiger charge is -2.32. The van der Waals surface area contributed by atoms with E-state index in [1.54, 1.807) is 0 Å². The van der Waals surface area contributed by atoms with Crippen LogP contribution in [0.4, 0.5) is 0 Å². The average molecular weight is 312 g/mol. The Labute approximate surface area is 137 Å². The van der Waals surface area contributed by atoms with Crippen LogP contribution >= 0.6 is 0 Å². The Kier molecular flexibility index (Phi) is 5.26. The van der Waals surface area contributed by atoms with Crippen molar-refractivity contribution >= 4 is 0 Å². The van der Waals surface area contributed by atoms with Crippen LogP contribution < -0.4 is 10.1 Å². The van der Waals surface area contributed by atoms with Crippen LogP contribution in [0.15, 0.2) is 48.7 Å². The summed E-state index contributed by atoms with van der Waals surface area (Å²) in [6.45, 7) is 6.65. The molecule has 122 valence electrons. The second kappa shape index (κ2) is 7.57. The molecule has 0 aliphatic carbocycles. The molecular weight excluding hydrogens is 288 g/mol. The molecule has 1 fully saturated rings. The lowest BCUT2D eigenvalue weighted by molar-refractivity contribution is -0.0436. The topological polar surface area (TPSA) is 43.4 Å². The smallest absolute Gasteiger partial charge is 0.151 e. The summed E-state index contributed by atoms with van der Waals surface area (Å²) in [5.41, 5.74) is 2.11. The summed E-state index contributed by atoms with van der Waals surface area (Å²) in [4.78, 5) is 4.49. The van der Waals surface area contributed by atoms with Gasteiger partial charge in [0.2, 0.25) is 0 Å². The van der Waals surface area contributed by atoms with Crippen molar-refractivity contribution in [2.75, 3.05) is 19.7 Å². The Morgan fingerprint density at radius 3 is 2.70 bits per heavy atom. The molecule has 1 aromatic heterocycles. The fraction of sp³-hybridized carbons (Fsp3) is 0.421. The minimum Gasteiger partial charge on any atom is -0.481 e. The Bertz CT molecular complexity index is 610. The number of nitrogens with one attached hydrogen (secondary N) is 1. The summed E-state index contributed by atoms with van der Waals surface area (Å²) in [6.07, 6.45) is 1.66. The molecule has 1 aromatic carbocycles. The van der Waals surface area contributed by atoms with Crippen molar-refractivity contribution in [2.24, 2.45) is 0 Å². The molecule has 2 atom stereocenters. The van der Waals surface area contributed by atoms with E-state index in [2.05, 4.69) is 36.3 Å². The summed E-state index contributed by atoms with van der Waals surface area (Å²) in [5.74, 6) is 1.15. The van der Waals surface area contributed by atoms with E-state index < -0.39 is 0 Å². The van der Waals surface area contributed by atoms with Crippen LogP contribution in [0.3, 0.4) is 0 Å². The first-order valence-electron chi connectivity index (χ1n) is 8.24. The predicted octanol–water partition coefficient (Wildman–Crippen LogP) is 3.31. The number of aromatic nitrogens is 1. The van der Waals surface area contributed by atoms with Gasteiger partial charge in [0.25, 0.3) is 0 Å². The SMILES string of the molecule is CC(C)c1ncccc1OC(c1ccccc1)C1CNCCO1. The van der Waals surface area contributed by atoms with Gasteiger partial charge in [-0.15, -0.1) is 0 Å². The molecular formula is C19H24N2O2. The molecule has 1 N–H and O–H groups in total. The first-order valence-corrected chi connectivity index (χ1v) is 8.24. The van der Waals surface area contributed by atoms with E-state index in [0.717, 1.165) is 30.1 Å². The monoisotopic (exact) mass is 312 g/mol. The lowest BCUT2D eigenvalue weighted by Crippen LogP contribution is -2.43. The number of ether oxygens (including phenoxy) is 2. The number of hydrogen-bond donors (Lipinski definition) is 1. The fourth-order valence-corrected chi connectivity index (χ4v) is 2.85. The minimum atomic E-state index is -0.148. The van der Waals surface area contributed by atoms with Gasteiger partial charge in [-0.1, -0.05) is 44.2 Å². The van der Waals surface area contributed by atoms with Gasteiger partial charge in [-0.05, 0) is 23.6 Å². The highest BCUT2D eigenvalue weighted by atomic mass is 16.5. The van der Waals surface area contributed by atoms with E-state index in [1.807, 2.05) is 36.5 Å². The lowest BCUT2D eigenvalue weighted by atomic mass is 10.0. The molecule has 0 saturated carbocycles. The molecule has 2 aromatic rings. The zero-order chi connectivity index (χ0) is 16.1. The normalized spacial score (nSPS) is 19.5. The summed E-state index contributed by atoms with van der Waals surface area (Å²) >= 11 is 0. The molecule has 0 amide bonds. The Hall–Kier alpha value is -1.91. The van der Waals surface area contributed by atoms with Gasteiger partial charge >= 0.3 is 0 Å². The molecule has 0 radical (unpaired) electrons. The van der Waals surface area contributed by atoms with Crippen LogP contribution in [-0.2, 0) is 4.74 Å². The highest BCUT2D eigenvalue weighted by Gasteiger charge is 2.28. The maximum absolute atomic E-state index is 6.40. The van der Waals surface area contributed by atoms with E-state index in [9.17, 15) is 0 Å². The van der Waals surface area contributed by atoms with Crippen molar-refractivity contribution in [3.63, 3.8) is 0 Å². The number of benzene rings is 1. The number of hydrogen-bond acceptors (Lipinski definition) is 4. The van der Waals surface area contributed by atoms with Crippen molar-refractivity contribution < 1.29 is 9.47 Å². The van der Waals surface area contributed by atoms with Crippen molar-refractivity contribution in [1.82, 2.24) is 10.3 Å². The van der Waals surface area contributed by atoms with Crippen molar-refractivity contribution in [1.29, 1.82) is 0 Å². The van der Waals surface area contributed by atoms with Crippen LogP contribution in [-0.4, -0.2) is 30.8 Å². The molecule has 0 bridgehead atoms. The Balaban J connectivity index is 1.90. The van der Waals surface area contributed by atoms with E-state index in [-0.39, 0.29) is 12.2 Å². The number of rotatable bonds is 5. The zero-order valence-electron chi connectivity index (χ0n) is 13.7. The van der Waals surface area contributed by atoms with E-state index >= 15 is 0 Å². The fourth-order valence-electron chi connectivity index (χ4n) is 2.85. The third kappa shape index (κ3) is 3.89. The van der Waals surface area contributed by atoms with Gasteiger partial charge in [0.15, 0.2) is 6.10 Å². The van der Waals surface area contributed by atoms with Gasteiger partial charge in [0, 0.05) is 19.3 Å². The number of pyridine rings is 1. The van der Waals surface area contributed by atoms with Crippen LogP contribution in [0.1, 0.15) is 37.1 Å². The van der Waals surface area contributed by atoms with Gasteiger partial charge in [-0.2, -0.15) is 0 Å². The third-order valence-electron chi connectivity index (χ3n) is 4.02. The quantitative estimate of drug-likeness (QED) is 0.920. The number of morpholine rings is 1. The molecule has 1 aliphatic heterocycles. The van der Waals surface area contributed by atoms with E-state index in [4.69, 9.17) is 9.47 Å². The average Bonchev–Trinajstić information content (AvgIpc) is 2.61. The standard InChI is InChI=1S/C19H24N2O2/c1-14(2)18-16(9-6-10-21-18)23-19(15-7-4-3-5-8-15)17-13-20-11-12-22-17/h3-10,14,17,19-20H,11-13H2,1-2H3. The Morgan fingerprint density at radius 1 is 1.17 bits per heavy atom. The summed E-state index contributed by atoms with van der Waals surface area (Å²) in [7, 11) is 0. The molecule has 1 aliphatic rings.